The molecule has 1 heterocycles. The number of benzene rings is 1. The second kappa shape index (κ2) is 8.92. The summed E-state index contributed by atoms with van der Waals surface area (Å²) in [5.41, 5.74) is 1.29. The summed E-state index contributed by atoms with van der Waals surface area (Å²) in [6.07, 6.45) is 0.961. The van der Waals surface area contributed by atoms with Gasteiger partial charge in [0.25, 0.3) is 0 Å². The average Bonchev–Trinajstić information content (AvgIpc) is 2.95. The van der Waals surface area contributed by atoms with Gasteiger partial charge in [-0.15, -0.1) is 0 Å². The average molecular weight is 332 g/mol. The summed E-state index contributed by atoms with van der Waals surface area (Å²) in [5.74, 6) is 2.42. The molecular weight excluding hydrogens is 300 g/mol. The standard InChI is InChI=1S/C19H32N4O/c1-14(2)23-12-15(3)18(13-23)22-19(20-4)21-11-10-16-6-8-17(24-5)9-7-16/h6-9,14-15,18H,10-13H2,1-5H3,(H2,20,21,22). The number of nitrogens with zero attached hydrogens (tertiary/aromatic N) is 2. The fourth-order valence-electron chi connectivity index (χ4n) is 3.10. The number of guanidine groups is 1. The van der Waals surface area contributed by atoms with Crippen LogP contribution in [-0.4, -0.2) is 56.7 Å². The molecule has 0 spiro atoms. The van der Waals surface area contributed by atoms with Gasteiger partial charge in [0.15, 0.2) is 5.96 Å². The van der Waals surface area contributed by atoms with Crippen LogP contribution in [0.15, 0.2) is 29.3 Å². The summed E-state index contributed by atoms with van der Waals surface area (Å²) in [5, 5.41) is 7.01. The number of methoxy groups -OCH3 is 1. The monoisotopic (exact) mass is 332 g/mol. The molecule has 1 saturated heterocycles. The molecule has 1 aromatic carbocycles. The molecule has 1 aliphatic rings. The molecule has 1 aromatic rings. The highest BCUT2D eigenvalue weighted by Crippen LogP contribution is 2.18. The Hall–Kier alpha value is -1.75. The Kier molecular flexibility index (Phi) is 6.91. The minimum absolute atomic E-state index is 0.458. The number of hydrogen-bond acceptors (Lipinski definition) is 3. The summed E-state index contributed by atoms with van der Waals surface area (Å²) in [7, 11) is 3.53. The van der Waals surface area contributed by atoms with Gasteiger partial charge in [0.05, 0.1) is 7.11 Å². The van der Waals surface area contributed by atoms with Gasteiger partial charge in [0.2, 0.25) is 0 Å². The van der Waals surface area contributed by atoms with Crippen LogP contribution in [0.25, 0.3) is 0 Å². The van der Waals surface area contributed by atoms with E-state index in [4.69, 9.17) is 4.74 Å². The Bertz CT molecular complexity index is 527. The molecule has 24 heavy (non-hydrogen) atoms. The van der Waals surface area contributed by atoms with Gasteiger partial charge in [0, 0.05) is 38.8 Å². The number of ether oxygens (including phenoxy) is 1. The number of nitrogens with one attached hydrogen (secondary N) is 2. The van der Waals surface area contributed by atoms with E-state index >= 15 is 0 Å². The first-order chi connectivity index (χ1) is 11.5. The van der Waals surface area contributed by atoms with Gasteiger partial charge >= 0.3 is 0 Å². The lowest BCUT2D eigenvalue weighted by molar-refractivity contribution is 0.265. The van der Waals surface area contributed by atoms with Crippen LogP contribution in [-0.2, 0) is 6.42 Å². The van der Waals surface area contributed by atoms with Crippen LogP contribution in [0.3, 0.4) is 0 Å². The van der Waals surface area contributed by atoms with E-state index in [1.165, 1.54) is 5.56 Å². The summed E-state index contributed by atoms with van der Waals surface area (Å²) < 4.78 is 5.19. The van der Waals surface area contributed by atoms with Crippen LogP contribution < -0.4 is 15.4 Å². The molecule has 1 aliphatic heterocycles. The van der Waals surface area contributed by atoms with E-state index in [-0.39, 0.29) is 0 Å². The first kappa shape index (κ1) is 18.6. The van der Waals surface area contributed by atoms with Crippen LogP contribution >= 0.6 is 0 Å². The van der Waals surface area contributed by atoms with Crippen molar-refractivity contribution in [3.8, 4) is 5.75 Å². The van der Waals surface area contributed by atoms with E-state index in [0.717, 1.165) is 37.8 Å². The smallest absolute Gasteiger partial charge is 0.191 e. The van der Waals surface area contributed by atoms with Crippen molar-refractivity contribution in [3.63, 3.8) is 0 Å². The molecule has 2 atom stereocenters. The molecular formula is C19H32N4O. The van der Waals surface area contributed by atoms with Gasteiger partial charge in [0.1, 0.15) is 5.75 Å². The van der Waals surface area contributed by atoms with Crippen LogP contribution in [0, 0.1) is 5.92 Å². The van der Waals surface area contributed by atoms with Crippen molar-refractivity contribution in [2.45, 2.75) is 39.3 Å². The second-order valence-corrected chi connectivity index (χ2v) is 6.87. The largest absolute Gasteiger partial charge is 0.497 e. The van der Waals surface area contributed by atoms with E-state index in [0.29, 0.717) is 18.0 Å². The minimum Gasteiger partial charge on any atom is -0.497 e. The van der Waals surface area contributed by atoms with Gasteiger partial charge in [-0.2, -0.15) is 0 Å². The normalized spacial score (nSPS) is 22.0. The molecule has 0 saturated carbocycles. The molecule has 2 rings (SSSR count). The zero-order chi connectivity index (χ0) is 17.5. The summed E-state index contributed by atoms with van der Waals surface area (Å²) >= 11 is 0. The van der Waals surface area contributed by atoms with E-state index in [9.17, 15) is 0 Å². The maximum Gasteiger partial charge on any atom is 0.191 e. The third-order valence-corrected chi connectivity index (χ3v) is 4.78. The van der Waals surface area contributed by atoms with Crippen molar-refractivity contribution in [1.29, 1.82) is 0 Å². The molecule has 0 aliphatic carbocycles. The molecule has 0 aromatic heterocycles. The Balaban J connectivity index is 1.78. The highest BCUT2D eigenvalue weighted by Gasteiger charge is 2.31. The van der Waals surface area contributed by atoms with Crippen LogP contribution in [0.2, 0.25) is 0 Å². The molecule has 2 unspecified atom stereocenters. The second-order valence-electron chi connectivity index (χ2n) is 6.87. The molecule has 134 valence electrons. The Morgan fingerprint density at radius 1 is 1.29 bits per heavy atom. The van der Waals surface area contributed by atoms with E-state index in [2.05, 4.69) is 53.4 Å². The third-order valence-electron chi connectivity index (χ3n) is 4.78. The van der Waals surface area contributed by atoms with Gasteiger partial charge in [-0.1, -0.05) is 19.1 Å². The van der Waals surface area contributed by atoms with E-state index in [1.807, 2.05) is 19.2 Å². The van der Waals surface area contributed by atoms with Crippen molar-refractivity contribution in [2.75, 3.05) is 33.8 Å². The van der Waals surface area contributed by atoms with Crippen LogP contribution in [0.1, 0.15) is 26.3 Å². The van der Waals surface area contributed by atoms with Gasteiger partial charge in [-0.25, -0.2) is 0 Å². The molecule has 0 amide bonds. The molecule has 1 fully saturated rings. The molecule has 0 bridgehead atoms. The molecule has 0 radical (unpaired) electrons. The lowest BCUT2D eigenvalue weighted by Crippen LogP contribution is -2.47. The first-order valence-corrected chi connectivity index (χ1v) is 8.87. The highest BCUT2D eigenvalue weighted by molar-refractivity contribution is 5.80. The van der Waals surface area contributed by atoms with Crippen molar-refractivity contribution >= 4 is 5.96 Å². The summed E-state index contributed by atoms with van der Waals surface area (Å²) in [6, 6.07) is 9.28. The first-order valence-electron chi connectivity index (χ1n) is 8.87. The lowest BCUT2D eigenvalue weighted by Gasteiger charge is -2.22. The predicted octanol–water partition coefficient (Wildman–Crippen LogP) is 2.13. The zero-order valence-corrected chi connectivity index (χ0v) is 15.7. The maximum atomic E-state index is 5.19. The molecule has 5 heteroatoms. The van der Waals surface area contributed by atoms with E-state index < -0.39 is 0 Å². The quantitative estimate of drug-likeness (QED) is 0.619. The lowest BCUT2D eigenvalue weighted by atomic mass is 10.1. The summed E-state index contributed by atoms with van der Waals surface area (Å²) in [6.45, 7) is 9.93. The van der Waals surface area contributed by atoms with Crippen molar-refractivity contribution in [2.24, 2.45) is 10.9 Å². The highest BCUT2D eigenvalue weighted by atomic mass is 16.5. The summed E-state index contributed by atoms with van der Waals surface area (Å²) in [4.78, 5) is 6.89. The van der Waals surface area contributed by atoms with Crippen molar-refractivity contribution in [3.05, 3.63) is 29.8 Å². The predicted molar refractivity (Wildman–Crippen MR) is 101 cm³/mol. The Labute approximate surface area is 146 Å². The van der Waals surface area contributed by atoms with Crippen LogP contribution in [0.5, 0.6) is 5.75 Å². The van der Waals surface area contributed by atoms with Gasteiger partial charge < -0.3 is 15.4 Å². The van der Waals surface area contributed by atoms with Gasteiger partial charge in [-0.3, -0.25) is 9.89 Å². The third kappa shape index (κ3) is 5.13. The topological polar surface area (TPSA) is 48.9 Å². The van der Waals surface area contributed by atoms with Gasteiger partial charge in [-0.05, 0) is 43.9 Å². The van der Waals surface area contributed by atoms with Crippen LogP contribution in [0.4, 0.5) is 0 Å². The zero-order valence-electron chi connectivity index (χ0n) is 15.7. The molecule has 2 N–H and O–H groups in total. The van der Waals surface area contributed by atoms with E-state index in [1.54, 1.807) is 7.11 Å². The minimum atomic E-state index is 0.458. The number of hydrogen-bond donors (Lipinski definition) is 2. The fraction of sp³-hybridized carbons (Fsp3) is 0.632. The fourth-order valence-corrected chi connectivity index (χ4v) is 3.10. The molecule has 5 nitrogen and oxygen atoms in total. The SMILES string of the molecule is CN=C(NCCc1ccc(OC)cc1)NC1CN(C(C)C)CC1C. The van der Waals surface area contributed by atoms with Crippen molar-refractivity contribution in [1.82, 2.24) is 15.5 Å². The number of likely N-dealkylation sites (tertiary alicyclic amines) is 1. The number of rotatable bonds is 6. The Morgan fingerprint density at radius 3 is 2.54 bits per heavy atom. The number of aliphatic imine (C=N–C) groups is 1. The maximum absolute atomic E-state index is 5.19. The van der Waals surface area contributed by atoms with Crippen molar-refractivity contribution < 1.29 is 4.74 Å². The Morgan fingerprint density at radius 2 is 2.00 bits per heavy atom.